The Kier molecular flexibility index (Phi) is 1.73. The van der Waals surface area contributed by atoms with E-state index < -0.39 is 0 Å². The molecule has 0 bridgehead atoms. The van der Waals surface area contributed by atoms with E-state index in [1.807, 2.05) is 6.07 Å². The molecule has 0 N–H and O–H groups in total. The normalized spacial score (nSPS) is 9.12. The molecule has 0 spiro atoms. The third-order valence-electron chi connectivity index (χ3n) is 0.796. The Bertz CT molecular complexity index is 168. The first-order valence-corrected chi connectivity index (χ1v) is 3.29. The quantitative estimate of drug-likeness (QED) is 0.597. The fourth-order valence-electron chi connectivity index (χ4n) is 0.467. The highest BCUT2D eigenvalue weighted by atomic mass is 127. The molecule has 1 rings (SSSR count). The van der Waals surface area contributed by atoms with Crippen LogP contribution in [0, 0.1) is 3.57 Å². The maximum Gasteiger partial charge on any atom is 0.179 e. The van der Waals surface area contributed by atoms with Crippen LogP contribution in [0.25, 0.3) is 0 Å². The highest BCUT2D eigenvalue weighted by Gasteiger charge is 1.87. The van der Waals surface area contributed by atoms with Gasteiger partial charge in [0.05, 0.1) is 0 Å². The molecule has 0 saturated carbocycles. The largest absolute Gasteiger partial charge is 0.290 e. The molecule has 0 saturated heterocycles. The number of benzene rings is 1. The van der Waals surface area contributed by atoms with E-state index in [0.29, 0.717) is 0 Å². The van der Waals surface area contributed by atoms with Crippen molar-refractivity contribution in [1.82, 2.24) is 0 Å². The lowest BCUT2D eigenvalue weighted by molar-refractivity contribution is 0.354. The summed E-state index contributed by atoms with van der Waals surface area (Å²) >= 11 is 2.11. The summed E-state index contributed by atoms with van der Waals surface area (Å²) in [7, 11) is 0. The van der Waals surface area contributed by atoms with Crippen LogP contribution < -0.4 is 0 Å². The summed E-state index contributed by atoms with van der Waals surface area (Å²) in [6.07, 6.45) is 0. The van der Waals surface area contributed by atoms with Gasteiger partial charge in [0.15, 0.2) is 5.75 Å². The molecule has 1 radical (unpaired) electrons. The zero-order valence-corrected chi connectivity index (χ0v) is 6.25. The van der Waals surface area contributed by atoms with Crippen molar-refractivity contribution in [3.8, 4) is 5.75 Å². The molecule has 0 aromatic heterocycles. The van der Waals surface area contributed by atoms with Crippen molar-refractivity contribution in [1.29, 1.82) is 0 Å². The minimum Gasteiger partial charge on any atom is -0.290 e. The van der Waals surface area contributed by atoms with Gasteiger partial charge in [0, 0.05) is 3.57 Å². The van der Waals surface area contributed by atoms with Crippen LogP contribution in [0.2, 0.25) is 0 Å². The minimum atomic E-state index is 0.0805. The highest BCUT2D eigenvalue weighted by molar-refractivity contribution is 14.1. The molecule has 1 aromatic rings. The topological polar surface area (TPSA) is 19.9 Å². The predicted octanol–water partition coefficient (Wildman–Crippen LogP) is 2.44. The van der Waals surface area contributed by atoms with Gasteiger partial charge in [0.1, 0.15) is 0 Å². The molecule has 0 aliphatic carbocycles. The summed E-state index contributed by atoms with van der Waals surface area (Å²) in [4.78, 5) is 0. The molecule has 0 amide bonds. The van der Waals surface area contributed by atoms with E-state index in [-0.39, 0.29) is 5.75 Å². The van der Waals surface area contributed by atoms with E-state index in [9.17, 15) is 5.11 Å². The van der Waals surface area contributed by atoms with E-state index in [2.05, 4.69) is 22.6 Å². The zero-order valence-electron chi connectivity index (χ0n) is 4.10. The summed E-state index contributed by atoms with van der Waals surface area (Å²) < 4.78 is 0.995. The average Bonchev–Trinajstić information content (AvgIpc) is 1.64. The maximum absolute atomic E-state index is 10.5. The van der Waals surface area contributed by atoms with Gasteiger partial charge in [-0.2, -0.15) is 0 Å². The van der Waals surface area contributed by atoms with E-state index in [4.69, 9.17) is 0 Å². The number of halogens is 1. The Morgan fingerprint density at radius 3 is 2.50 bits per heavy atom. The van der Waals surface area contributed by atoms with Crippen LogP contribution in [-0.4, -0.2) is 0 Å². The minimum absolute atomic E-state index is 0.0805. The predicted molar refractivity (Wildman–Crippen MR) is 39.3 cm³/mol. The van der Waals surface area contributed by atoms with Gasteiger partial charge >= 0.3 is 0 Å². The molecule has 0 heterocycles. The Hall–Kier alpha value is -0.250. The average molecular weight is 219 g/mol. The van der Waals surface area contributed by atoms with Gasteiger partial charge in [-0.15, -0.1) is 0 Å². The Labute approximate surface area is 61.5 Å². The summed E-state index contributed by atoms with van der Waals surface area (Å²) in [5.41, 5.74) is 0. The van der Waals surface area contributed by atoms with Crippen molar-refractivity contribution < 1.29 is 5.11 Å². The number of rotatable bonds is 0. The lowest BCUT2D eigenvalue weighted by Gasteiger charge is -1.85. The Morgan fingerprint density at radius 1 is 1.38 bits per heavy atom. The van der Waals surface area contributed by atoms with Crippen LogP contribution in [0.1, 0.15) is 0 Å². The van der Waals surface area contributed by atoms with E-state index in [1.54, 1.807) is 18.2 Å². The number of hydrogen-bond donors (Lipinski definition) is 0. The van der Waals surface area contributed by atoms with Crippen LogP contribution in [-0.2, 0) is 5.11 Å². The SMILES string of the molecule is [O]c1cccc(I)c1. The summed E-state index contributed by atoms with van der Waals surface area (Å²) in [5.74, 6) is 0.0805. The molecular formula is C6H4IO. The standard InChI is InChI=1S/C6H4IO/c7-5-2-1-3-6(8)4-5/h1-4H. The highest BCUT2D eigenvalue weighted by Crippen LogP contribution is 2.12. The zero-order chi connectivity index (χ0) is 5.98. The van der Waals surface area contributed by atoms with Crippen molar-refractivity contribution in [3.05, 3.63) is 27.8 Å². The first kappa shape index (κ1) is 5.88. The first-order valence-electron chi connectivity index (χ1n) is 2.21. The van der Waals surface area contributed by atoms with Gasteiger partial charge in [-0.3, -0.25) is 5.11 Å². The molecule has 0 aliphatic heterocycles. The second kappa shape index (κ2) is 2.35. The van der Waals surface area contributed by atoms with Crippen LogP contribution >= 0.6 is 22.6 Å². The maximum atomic E-state index is 10.5. The third-order valence-corrected chi connectivity index (χ3v) is 1.47. The van der Waals surface area contributed by atoms with E-state index >= 15 is 0 Å². The van der Waals surface area contributed by atoms with E-state index in [0.717, 1.165) is 3.57 Å². The van der Waals surface area contributed by atoms with E-state index in [1.165, 1.54) is 0 Å². The molecule has 0 fully saturated rings. The summed E-state index contributed by atoms with van der Waals surface area (Å²) in [6.45, 7) is 0. The second-order valence-electron chi connectivity index (χ2n) is 1.46. The smallest absolute Gasteiger partial charge is 0.179 e. The summed E-state index contributed by atoms with van der Waals surface area (Å²) in [6, 6.07) is 6.79. The lowest BCUT2D eigenvalue weighted by atomic mass is 10.3. The molecule has 0 aliphatic rings. The molecule has 0 atom stereocenters. The van der Waals surface area contributed by atoms with Crippen molar-refractivity contribution in [2.75, 3.05) is 0 Å². The fraction of sp³-hybridized carbons (Fsp3) is 0. The molecule has 2 heteroatoms. The fourth-order valence-corrected chi connectivity index (χ4v) is 0.982. The van der Waals surface area contributed by atoms with Gasteiger partial charge in [0.25, 0.3) is 0 Å². The van der Waals surface area contributed by atoms with Crippen LogP contribution in [0.15, 0.2) is 24.3 Å². The molecular weight excluding hydrogens is 215 g/mol. The van der Waals surface area contributed by atoms with Gasteiger partial charge < -0.3 is 0 Å². The van der Waals surface area contributed by atoms with Crippen LogP contribution in [0.3, 0.4) is 0 Å². The number of hydrogen-bond acceptors (Lipinski definition) is 0. The van der Waals surface area contributed by atoms with Gasteiger partial charge in [-0.1, -0.05) is 6.07 Å². The van der Waals surface area contributed by atoms with Gasteiger partial charge in [-0.05, 0) is 40.8 Å². The monoisotopic (exact) mass is 219 g/mol. The first-order chi connectivity index (χ1) is 3.79. The van der Waals surface area contributed by atoms with Gasteiger partial charge in [0.2, 0.25) is 0 Å². The molecule has 41 valence electrons. The Morgan fingerprint density at radius 2 is 2.12 bits per heavy atom. The van der Waals surface area contributed by atoms with Crippen molar-refractivity contribution >= 4 is 22.6 Å². The second-order valence-corrected chi connectivity index (χ2v) is 2.70. The van der Waals surface area contributed by atoms with Crippen molar-refractivity contribution in [2.45, 2.75) is 0 Å². The molecule has 0 unspecified atom stereocenters. The van der Waals surface area contributed by atoms with Crippen LogP contribution in [0.5, 0.6) is 5.75 Å². The third kappa shape index (κ3) is 1.36. The summed E-state index contributed by atoms with van der Waals surface area (Å²) in [5, 5.41) is 10.5. The molecule has 1 aromatic carbocycles. The lowest BCUT2D eigenvalue weighted by Crippen LogP contribution is -1.64. The van der Waals surface area contributed by atoms with Crippen molar-refractivity contribution in [2.24, 2.45) is 0 Å². The molecule has 1 nitrogen and oxygen atoms in total. The van der Waals surface area contributed by atoms with Crippen LogP contribution in [0.4, 0.5) is 0 Å². The molecule has 8 heavy (non-hydrogen) atoms. The Balaban J connectivity index is 3.08. The van der Waals surface area contributed by atoms with Gasteiger partial charge in [-0.25, -0.2) is 0 Å². The van der Waals surface area contributed by atoms with Crippen molar-refractivity contribution in [3.63, 3.8) is 0 Å².